The van der Waals surface area contributed by atoms with Crippen LogP contribution in [0.15, 0.2) is 211 Å². The zero-order valence-corrected chi connectivity index (χ0v) is 28.9. The third-order valence-corrected chi connectivity index (χ3v) is 10.2. The molecule has 250 valence electrons. The number of anilines is 3. The molecule has 3 heteroatoms. The first-order chi connectivity index (χ1) is 26.3. The zero-order valence-electron chi connectivity index (χ0n) is 28.9. The van der Waals surface area contributed by atoms with Crippen LogP contribution in [-0.2, 0) is 0 Å². The Bertz CT molecular complexity index is 2820. The van der Waals surface area contributed by atoms with Crippen molar-refractivity contribution < 1.29 is 4.42 Å². The molecule has 3 nitrogen and oxygen atoms in total. The number of furan rings is 1. The van der Waals surface area contributed by atoms with Crippen LogP contribution in [0.5, 0.6) is 0 Å². The first-order valence-electron chi connectivity index (χ1n) is 18.0. The fraction of sp³-hybridized carbons (Fsp3) is 0. The first-order valence-corrected chi connectivity index (χ1v) is 18.0. The number of hydrogen-bond donors (Lipinski definition) is 0. The Hall–Kier alpha value is -7.10. The van der Waals surface area contributed by atoms with Gasteiger partial charge in [-0.3, -0.25) is 0 Å². The second-order valence-corrected chi connectivity index (χ2v) is 13.4. The van der Waals surface area contributed by atoms with Crippen molar-refractivity contribution in [3.8, 4) is 39.3 Å². The molecule has 2 heterocycles. The van der Waals surface area contributed by atoms with Gasteiger partial charge < -0.3 is 13.9 Å². The third-order valence-electron chi connectivity index (χ3n) is 10.2. The van der Waals surface area contributed by atoms with Gasteiger partial charge in [0.15, 0.2) is 0 Å². The van der Waals surface area contributed by atoms with E-state index in [1.54, 1.807) is 0 Å². The quantitative estimate of drug-likeness (QED) is 0.167. The lowest BCUT2D eigenvalue weighted by atomic mass is 10.0. The smallest absolute Gasteiger partial charge is 0.135 e. The van der Waals surface area contributed by atoms with E-state index in [4.69, 9.17) is 4.42 Å². The number of benzene rings is 8. The van der Waals surface area contributed by atoms with Crippen molar-refractivity contribution in [1.82, 2.24) is 4.57 Å². The van der Waals surface area contributed by atoms with Gasteiger partial charge in [0.2, 0.25) is 0 Å². The van der Waals surface area contributed by atoms with E-state index in [1.807, 2.05) is 18.2 Å². The van der Waals surface area contributed by atoms with Gasteiger partial charge in [0.05, 0.1) is 11.0 Å². The highest BCUT2D eigenvalue weighted by atomic mass is 16.3. The largest absolute Gasteiger partial charge is 0.456 e. The van der Waals surface area contributed by atoms with Crippen LogP contribution in [0, 0.1) is 0 Å². The number of nitrogens with zero attached hydrogens (tertiary/aromatic N) is 2. The summed E-state index contributed by atoms with van der Waals surface area (Å²) in [6, 6.07) is 73.3. The number of hydrogen-bond acceptors (Lipinski definition) is 2. The Labute approximate surface area is 308 Å². The number of aromatic nitrogens is 1. The molecule has 8 aromatic carbocycles. The monoisotopic (exact) mass is 678 g/mol. The standard InChI is InChI=1S/C50H34N2O/c1-3-11-35(12-4-1)36-19-26-42(27-20-36)51(44-30-23-38(24-31-44)50-34-40-13-7-10-18-49(40)53-50)43-28-21-37(22-29-43)39-25-32-48-46(33-39)45-16-8-9-17-47(45)52(48)41-14-5-2-6-15-41/h1-34H. The molecule has 0 unspecified atom stereocenters. The molecule has 0 fully saturated rings. The molecular weight excluding hydrogens is 645 g/mol. The van der Waals surface area contributed by atoms with Crippen LogP contribution < -0.4 is 4.90 Å². The minimum absolute atomic E-state index is 0.865. The fourth-order valence-electron chi connectivity index (χ4n) is 7.59. The minimum Gasteiger partial charge on any atom is -0.456 e. The van der Waals surface area contributed by atoms with Crippen molar-refractivity contribution >= 4 is 49.8 Å². The summed E-state index contributed by atoms with van der Waals surface area (Å²) < 4.78 is 8.55. The van der Waals surface area contributed by atoms with Crippen LogP contribution in [-0.4, -0.2) is 4.57 Å². The molecule has 0 saturated carbocycles. The molecule has 0 atom stereocenters. The minimum atomic E-state index is 0.865. The average Bonchev–Trinajstić information content (AvgIpc) is 3.82. The van der Waals surface area contributed by atoms with Gasteiger partial charge in [0.1, 0.15) is 11.3 Å². The molecule has 0 radical (unpaired) electrons. The van der Waals surface area contributed by atoms with Crippen molar-refractivity contribution in [2.75, 3.05) is 4.90 Å². The maximum atomic E-state index is 6.19. The Morgan fingerprint density at radius 2 is 0.868 bits per heavy atom. The van der Waals surface area contributed by atoms with Crippen LogP contribution in [0.4, 0.5) is 17.1 Å². The van der Waals surface area contributed by atoms with E-state index in [1.165, 1.54) is 49.7 Å². The van der Waals surface area contributed by atoms with Crippen LogP contribution in [0.1, 0.15) is 0 Å². The van der Waals surface area contributed by atoms with E-state index in [-0.39, 0.29) is 0 Å². The molecule has 0 aliphatic carbocycles. The maximum absolute atomic E-state index is 6.19. The summed E-state index contributed by atoms with van der Waals surface area (Å²) in [4.78, 5) is 2.32. The van der Waals surface area contributed by atoms with Crippen LogP contribution in [0.3, 0.4) is 0 Å². The lowest BCUT2D eigenvalue weighted by molar-refractivity contribution is 0.631. The Kier molecular flexibility index (Phi) is 7.47. The highest BCUT2D eigenvalue weighted by Gasteiger charge is 2.16. The van der Waals surface area contributed by atoms with E-state index in [0.29, 0.717) is 0 Å². The lowest BCUT2D eigenvalue weighted by Gasteiger charge is -2.26. The van der Waals surface area contributed by atoms with Crippen LogP contribution in [0.2, 0.25) is 0 Å². The summed E-state index contributed by atoms with van der Waals surface area (Å²) in [6.45, 7) is 0. The number of rotatable bonds is 7. The van der Waals surface area contributed by atoms with E-state index in [0.717, 1.165) is 39.4 Å². The Balaban J connectivity index is 1.03. The molecule has 0 aliphatic rings. The third kappa shape index (κ3) is 5.56. The van der Waals surface area contributed by atoms with Crippen molar-refractivity contribution in [2.45, 2.75) is 0 Å². The number of para-hydroxylation sites is 3. The Morgan fingerprint density at radius 1 is 0.358 bits per heavy atom. The predicted octanol–water partition coefficient (Wildman–Crippen LogP) is 14.0. The van der Waals surface area contributed by atoms with Crippen molar-refractivity contribution in [3.05, 3.63) is 206 Å². The second-order valence-electron chi connectivity index (χ2n) is 13.4. The molecule has 10 aromatic rings. The fourth-order valence-corrected chi connectivity index (χ4v) is 7.59. The lowest BCUT2D eigenvalue weighted by Crippen LogP contribution is -2.09. The molecule has 0 N–H and O–H groups in total. The topological polar surface area (TPSA) is 21.3 Å². The normalized spacial score (nSPS) is 11.4. The summed E-state index contributed by atoms with van der Waals surface area (Å²) >= 11 is 0. The first kappa shape index (κ1) is 30.7. The predicted molar refractivity (Wildman–Crippen MR) is 222 cm³/mol. The molecule has 0 saturated heterocycles. The van der Waals surface area contributed by atoms with Gasteiger partial charge >= 0.3 is 0 Å². The highest BCUT2D eigenvalue weighted by molar-refractivity contribution is 6.10. The molecule has 10 rings (SSSR count). The van der Waals surface area contributed by atoms with Gasteiger partial charge in [-0.05, 0) is 113 Å². The van der Waals surface area contributed by atoms with E-state index >= 15 is 0 Å². The van der Waals surface area contributed by atoms with Gasteiger partial charge in [0, 0.05) is 44.5 Å². The van der Waals surface area contributed by atoms with E-state index in [2.05, 4.69) is 198 Å². The second kappa shape index (κ2) is 12.9. The molecule has 0 aliphatic heterocycles. The summed E-state index contributed by atoms with van der Waals surface area (Å²) in [5.74, 6) is 0.865. The van der Waals surface area contributed by atoms with Gasteiger partial charge in [-0.25, -0.2) is 0 Å². The van der Waals surface area contributed by atoms with Crippen LogP contribution in [0.25, 0.3) is 72.0 Å². The van der Waals surface area contributed by atoms with Gasteiger partial charge in [-0.2, -0.15) is 0 Å². The molecule has 53 heavy (non-hydrogen) atoms. The highest BCUT2D eigenvalue weighted by Crippen LogP contribution is 2.39. The molecule has 0 amide bonds. The maximum Gasteiger partial charge on any atom is 0.135 e. The van der Waals surface area contributed by atoms with E-state index in [9.17, 15) is 0 Å². The summed E-state index contributed by atoms with van der Waals surface area (Å²) in [6.07, 6.45) is 0. The number of fused-ring (bicyclic) bond motifs is 4. The zero-order chi connectivity index (χ0) is 35.1. The Morgan fingerprint density at radius 3 is 1.55 bits per heavy atom. The van der Waals surface area contributed by atoms with Gasteiger partial charge in [-0.15, -0.1) is 0 Å². The van der Waals surface area contributed by atoms with E-state index < -0.39 is 0 Å². The summed E-state index contributed by atoms with van der Waals surface area (Å²) in [5.41, 5.74) is 13.5. The molecule has 0 bridgehead atoms. The molecular formula is C50H34N2O. The van der Waals surface area contributed by atoms with Gasteiger partial charge in [-0.1, -0.05) is 115 Å². The SMILES string of the molecule is c1ccc(-c2ccc(N(c3ccc(-c4ccc5c(c4)c4ccccc4n5-c4ccccc4)cc3)c3ccc(-c4cc5ccccc5o4)cc3)cc2)cc1. The average molecular weight is 679 g/mol. The summed E-state index contributed by atoms with van der Waals surface area (Å²) in [5, 5.41) is 3.60. The summed E-state index contributed by atoms with van der Waals surface area (Å²) in [7, 11) is 0. The van der Waals surface area contributed by atoms with Gasteiger partial charge in [0.25, 0.3) is 0 Å². The van der Waals surface area contributed by atoms with Crippen molar-refractivity contribution in [3.63, 3.8) is 0 Å². The molecule has 0 spiro atoms. The van der Waals surface area contributed by atoms with Crippen molar-refractivity contribution in [1.29, 1.82) is 0 Å². The van der Waals surface area contributed by atoms with Crippen LogP contribution >= 0.6 is 0 Å². The molecule has 2 aromatic heterocycles. The van der Waals surface area contributed by atoms with Crippen molar-refractivity contribution in [2.24, 2.45) is 0 Å².